The van der Waals surface area contributed by atoms with Crippen LogP contribution in [0.15, 0.2) is 11.6 Å². The third kappa shape index (κ3) is 1.99. The van der Waals surface area contributed by atoms with Crippen molar-refractivity contribution >= 4 is 0 Å². The lowest BCUT2D eigenvalue weighted by atomic mass is 9.51. The van der Waals surface area contributed by atoms with Crippen LogP contribution in [-0.2, 0) is 0 Å². The molecule has 0 aliphatic heterocycles. The Labute approximate surface area is 110 Å². The van der Waals surface area contributed by atoms with Crippen LogP contribution in [0.3, 0.4) is 0 Å². The number of allylic oxidation sites excluding steroid dienone is 1. The lowest BCUT2D eigenvalue weighted by Crippen LogP contribution is -2.44. The van der Waals surface area contributed by atoms with Gasteiger partial charge in [-0.1, -0.05) is 13.0 Å². The number of hydrogen-bond donors (Lipinski definition) is 1. The lowest BCUT2D eigenvalue weighted by molar-refractivity contribution is -0.0167. The third-order valence-corrected chi connectivity index (χ3v) is 5.55. The maximum Gasteiger partial charge on any atom is 0.0971 e. The van der Waals surface area contributed by atoms with Crippen LogP contribution in [0.5, 0.6) is 0 Å². The van der Waals surface area contributed by atoms with Crippen LogP contribution in [0.4, 0.5) is 0 Å². The first-order chi connectivity index (χ1) is 8.71. The van der Waals surface area contributed by atoms with E-state index in [-0.39, 0.29) is 0 Å². The van der Waals surface area contributed by atoms with Gasteiger partial charge in [-0.25, -0.2) is 0 Å². The first-order valence-electron chi connectivity index (χ1n) is 7.51. The molecule has 0 aromatic heterocycles. The number of hydrogen-bond acceptors (Lipinski definition) is 2. The molecule has 2 heteroatoms. The maximum absolute atomic E-state index is 9.88. The summed E-state index contributed by atoms with van der Waals surface area (Å²) < 4.78 is 0. The first kappa shape index (κ1) is 12.2. The molecular weight excluding hydrogens is 222 g/mol. The van der Waals surface area contributed by atoms with Gasteiger partial charge in [0.1, 0.15) is 0 Å². The zero-order valence-electron chi connectivity index (χ0n) is 11.2. The second kappa shape index (κ2) is 4.70. The summed E-state index contributed by atoms with van der Waals surface area (Å²) in [4.78, 5) is 0. The van der Waals surface area contributed by atoms with Crippen molar-refractivity contribution in [2.45, 2.75) is 51.6 Å². The van der Waals surface area contributed by atoms with Crippen molar-refractivity contribution in [1.82, 2.24) is 0 Å². The fourth-order valence-electron chi connectivity index (χ4n) is 4.89. The van der Waals surface area contributed by atoms with E-state index in [1.165, 1.54) is 32.1 Å². The average molecular weight is 245 g/mol. The molecule has 4 aliphatic carbocycles. The van der Waals surface area contributed by atoms with Crippen molar-refractivity contribution in [2.75, 3.05) is 0 Å². The molecule has 1 N–H and O–H groups in total. The average Bonchev–Trinajstić information content (AvgIpc) is 2.36. The van der Waals surface area contributed by atoms with Crippen LogP contribution in [0, 0.1) is 40.9 Å². The van der Waals surface area contributed by atoms with Crippen LogP contribution in [0.25, 0.3) is 0 Å². The highest BCUT2D eigenvalue weighted by Gasteiger charge is 2.47. The predicted octanol–water partition coefficient (Wildman–Crippen LogP) is 3.28. The highest BCUT2D eigenvalue weighted by atomic mass is 16.3. The van der Waals surface area contributed by atoms with Gasteiger partial charge in [-0.05, 0) is 68.1 Å². The van der Waals surface area contributed by atoms with Gasteiger partial charge in [-0.2, -0.15) is 5.26 Å². The van der Waals surface area contributed by atoms with E-state index in [9.17, 15) is 10.4 Å². The Hall–Kier alpha value is -0.810. The Morgan fingerprint density at radius 3 is 2.22 bits per heavy atom. The van der Waals surface area contributed by atoms with Crippen molar-refractivity contribution in [3.63, 3.8) is 0 Å². The first-order valence-corrected chi connectivity index (χ1v) is 7.51. The fraction of sp³-hybridized carbons (Fsp3) is 0.812. The van der Waals surface area contributed by atoms with E-state index in [1.54, 1.807) is 0 Å². The quantitative estimate of drug-likeness (QED) is 0.775. The van der Waals surface area contributed by atoms with Crippen LogP contribution in [0.1, 0.15) is 45.4 Å². The summed E-state index contributed by atoms with van der Waals surface area (Å²) in [6.07, 6.45) is 9.18. The molecule has 0 spiro atoms. The standard InChI is InChI=1S/C16H23NO/c1-2-16(18)14(9-17)8-15-12-4-10-3-11(6-12)7-13(15)5-10/h8,10-13,15-16,18H,2-7H2,1H3/b14-8-. The Morgan fingerprint density at radius 1 is 1.22 bits per heavy atom. The number of aliphatic hydroxyl groups excluding tert-OH is 1. The second-order valence-corrected chi connectivity index (χ2v) is 6.67. The Morgan fingerprint density at radius 2 is 1.78 bits per heavy atom. The topological polar surface area (TPSA) is 44.0 Å². The van der Waals surface area contributed by atoms with Crippen molar-refractivity contribution in [2.24, 2.45) is 29.6 Å². The van der Waals surface area contributed by atoms with Crippen molar-refractivity contribution < 1.29 is 5.11 Å². The van der Waals surface area contributed by atoms with E-state index in [0.717, 1.165) is 23.7 Å². The van der Waals surface area contributed by atoms with Gasteiger partial charge >= 0.3 is 0 Å². The number of nitrogens with zero attached hydrogens (tertiary/aromatic N) is 1. The van der Waals surface area contributed by atoms with Gasteiger partial charge in [0.05, 0.1) is 17.7 Å². The molecule has 1 atom stereocenters. The molecule has 18 heavy (non-hydrogen) atoms. The maximum atomic E-state index is 9.88. The molecule has 0 heterocycles. The highest BCUT2D eigenvalue weighted by molar-refractivity contribution is 5.27. The van der Waals surface area contributed by atoms with E-state index in [2.05, 4.69) is 12.1 Å². The molecule has 4 fully saturated rings. The van der Waals surface area contributed by atoms with Crippen LogP contribution in [0.2, 0.25) is 0 Å². The minimum Gasteiger partial charge on any atom is -0.388 e. The van der Waals surface area contributed by atoms with Gasteiger partial charge in [0, 0.05) is 0 Å². The molecule has 4 bridgehead atoms. The lowest BCUT2D eigenvalue weighted by Gasteiger charge is -2.53. The van der Waals surface area contributed by atoms with E-state index < -0.39 is 6.10 Å². The SMILES string of the molecule is CCC(O)/C(C#N)=C\C1C2CC3CC(C2)CC1C3. The van der Waals surface area contributed by atoms with Crippen molar-refractivity contribution in [1.29, 1.82) is 5.26 Å². The minimum atomic E-state index is -0.549. The molecule has 2 nitrogen and oxygen atoms in total. The molecule has 4 rings (SSSR count). The van der Waals surface area contributed by atoms with E-state index >= 15 is 0 Å². The zero-order chi connectivity index (χ0) is 12.7. The van der Waals surface area contributed by atoms with E-state index in [1.807, 2.05) is 6.92 Å². The summed E-state index contributed by atoms with van der Waals surface area (Å²) in [6, 6.07) is 2.22. The minimum absolute atomic E-state index is 0.549. The van der Waals surface area contributed by atoms with Crippen molar-refractivity contribution in [3.8, 4) is 6.07 Å². The molecular formula is C16H23NO. The second-order valence-electron chi connectivity index (χ2n) is 6.67. The summed E-state index contributed by atoms with van der Waals surface area (Å²) in [5.74, 6) is 4.12. The molecule has 0 aromatic rings. The Bertz CT molecular complexity index is 364. The van der Waals surface area contributed by atoms with E-state index in [0.29, 0.717) is 17.9 Å². The summed E-state index contributed by atoms with van der Waals surface area (Å²) in [7, 11) is 0. The van der Waals surface area contributed by atoms with Gasteiger partial charge in [-0.15, -0.1) is 0 Å². The van der Waals surface area contributed by atoms with Crippen molar-refractivity contribution in [3.05, 3.63) is 11.6 Å². The normalized spacial score (nSPS) is 43.8. The molecule has 0 radical (unpaired) electrons. The largest absolute Gasteiger partial charge is 0.388 e. The highest BCUT2D eigenvalue weighted by Crippen LogP contribution is 2.57. The Kier molecular flexibility index (Phi) is 3.20. The zero-order valence-corrected chi connectivity index (χ0v) is 11.2. The van der Waals surface area contributed by atoms with Crippen LogP contribution in [-0.4, -0.2) is 11.2 Å². The smallest absolute Gasteiger partial charge is 0.0971 e. The molecule has 1 unspecified atom stereocenters. The molecule has 0 aromatic carbocycles. The molecule has 98 valence electrons. The van der Waals surface area contributed by atoms with Crippen LogP contribution >= 0.6 is 0 Å². The van der Waals surface area contributed by atoms with Gasteiger partial charge in [0.2, 0.25) is 0 Å². The summed E-state index contributed by atoms with van der Waals surface area (Å²) >= 11 is 0. The van der Waals surface area contributed by atoms with Gasteiger partial charge in [0.25, 0.3) is 0 Å². The molecule has 0 saturated heterocycles. The van der Waals surface area contributed by atoms with Gasteiger partial charge in [0.15, 0.2) is 0 Å². The monoisotopic (exact) mass is 245 g/mol. The summed E-state index contributed by atoms with van der Waals surface area (Å²) in [6.45, 7) is 1.94. The predicted molar refractivity (Wildman–Crippen MR) is 70.5 cm³/mol. The van der Waals surface area contributed by atoms with E-state index in [4.69, 9.17) is 0 Å². The van der Waals surface area contributed by atoms with Gasteiger partial charge < -0.3 is 5.11 Å². The fourth-order valence-corrected chi connectivity index (χ4v) is 4.89. The van der Waals surface area contributed by atoms with Crippen LogP contribution < -0.4 is 0 Å². The third-order valence-electron chi connectivity index (χ3n) is 5.55. The summed E-state index contributed by atoms with van der Waals surface area (Å²) in [5, 5.41) is 19.1. The summed E-state index contributed by atoms with van der Waals surface area (Å²) in [5.41, 5.74) is 0.620. The number of nitriles is 1. The molecule has 4 saturated carbocycles. The number of aliphatic hydroxyl groups is 1. The van der Waals surface area contributed by atoms with Gasteiger partial charge in [-0.3, -0.25) is 0 Å². The Balaban J connectivity index is 1.80. The molecule has 0 amide bonds. The number of rotatable bonds is 3. The molecule has 4 aliphatic rings.